The van der Waals surface area contributed by atoms with Crippen LogP contribution in [0.4, 0.5) is 0 Å². The molecule has 0 spiro atoms. The molecule has 2 aromatic rings. The first-order valence-electron chi connectivity index (χ1n) is 8.11. The number of nitrogens with zero attached hydrogens (tertiary/aromatic N) is 7. The predicted molar refractivity (Wildman–Crippen MR) is 89.5 cm³/mol. The molecular weight excluding hydrogens is 328 g/mol. The van der Waals surface area contributed by atoms with Crippen LogP contribution in [0.15, 0.2) is 17.8 Å². The summed E-state index contributed by atoms with van der Waals surface area (Å²) in [5.74, 6) is 1.39. The number of aromatic amines is 1. The number of rotatable bonds is 7. The molecule has 0 aliphatic carbocycles. The Morgan fingerprint density at radius 1 is 1.29 bits per heavy atom. The van der Waals surface area contributed by atoms with Crippen molar-refractivity contribution in [3.63, 3.8) is 0 Å². The summed E-state index contributed by atoms with van der Waals surface area (Å²) in [6, 6.07) is 0. The highest BCUT2D eigenvalue weighted by Gasteiger charge is 2.21. The monoisotopic (exact) mass is 350 g/mol. The SMILES string of the molecule is CCc1nc(SCC(=O)N2CCN(CCn3cncn3)CC2)n[nH]1. The summed E-state index contributed by atoms with van der Waals surface area (Å²) in [4.78, 5) is 24.8. The number of amides is 1. The van der Waals surface area contributed by atoms with Crippen LogP contribution in [-0.4, -0.2) is 84.1 Å². The lowest BCUT2D eigenvalue weighted by Gasteiger charge is -2.34. The number of aromatic nitrogens is 6. The summed E-state index contributed by atoms with van der Waals surface area (Å²) in [7, 11) is 0. The largest absolute Gasteiger partial charge is 0.339 e. The van der Waals surface area contributed by atoms with Crippen molar-refractivity contribution < 1.29 is 4.79 Å². The van der Waals surface area contributed by atoms with Crippen LogP contribution in [0.1, 0.15) is 12.7 Å². The van der Waals surface area contributed by atoms with Gasteiger partial charge in [-0.2, -0.15) is 5.10 Å². The molecule has 1 N–H and O–H groups in total. The molecule has 9 nitrogen and oxygen atoms in total. The Balaban J connectivity index is 1.36. The average Bonchev–Trinajstić information content (AvgIpc) is 3.29. The molecule has 10 heteroatoms. The molecular formula is C14H22N8OS. The Morgan fingerprint density at radius 3 is 2.79 bits per heavy atom. The van der Waals surface area contributed by atoms with Crippen LogP contribution in [-0.2, 0) is 17.8 Å². The van der Waals surface area contributed by atoms with Gasteiger partial charge in [0.05, 0.1) is 12.3 Å². The van der Waals surface area contributed by atoms with E-state index in [1.807, 2.05) is 16.5 Å². The van der Waals surface area contributed by atoms with Gasteiger partial charge < -0.3 is 4.90 Å². The molecule has 130 valence electrons. The van der Waals surface area contributed by atoms with E-state index in [0.717, 1.165) is 51.5 Å². The summed E-state index contributed by atoms with van der Waals surface area (Å²) >= 11 is 1.39. The van der Waals surface area contributed by atoms with Crippen molar-refractivity contribution in [2.75, 3.05) is 38.5 Å². The molecule has 0 bridgehead atoms. The van der Waals surface area contributed by atoms with Gasteiger partial charge in [0.2, 0.25) is 11.1 Å². The highest BCUT2D eigenvalue weighted by Crippen LogP contribution is 2.14. The van der Waals surface area contributed by atoms with Crippen LogP contribution in [0.25, 0.3) is 0 Å². The van der Waals surface area contributed by atoms with E-state index in [1.54, 1.807) is 12.7 Å². The third-order valence-electron chi connectivity index (χ3n) is 4.01. The van der Waals surface area contributed by atoms with Crippen LogP contribution in [0.2, 0.25) is 0 Å². The van der Waals surface area contributed by atoms with Gasteiger partial charge in [0, 0.05) is 39.1 Å². The first-order valence-corrected chi connectivity index (χ1v) is 9.09. The van der Waals surface area contributed by atoms with Crippen molar-refractivity contribution in [3.8, 4) is 0 Å². The molecule has 1 aliphatic rings. The summed E-state index contributed by atoms with van der Waals surface area (Å²) in [5, 5.41) is 11.7. The van der Waals surface area contributed by atoms with Crippen LogP contribution < -0.4 is 0 Å². The second-order valence-corrected chi connectivity index (χ2v) is 6.53. The molecule has 1 amide bonds. The third-order valence-corrected chi connectivity index (χ3v) is 4.84. The Bertz CT molecular complexity index is 635. The van der Waals surface area contributed by atoms with E-state index in [-0.39, 0.29) is 5.91 Å². The van der Waals surface area contributed by atoms with Crippen molar-refractivity contribution in [1.82, 2.24) is 39.7 Å². The summed E-state index contributed by atoms with van der Waals surface area (Å²) in [6.07, 6.45) is 4.09. The second-order valence-electron chi connectivity index (χ2n) is 5.59. The number of piperazine rings is 1. The first-order chi connectivity index (χ1) is 11.7. The van der Waals surface area contributed by atoms with E-state index >= 15 is 0 Å². The van der Waals surface area contributed by atoms with E-state index < -0.39 is 0 Å². The van der Waals surface area contributed by atoms with Gasteiger partial charge in [-0.3, -0.25) is 19.5 Å². The van der Waals surface area contributed by atoms with Gasteiger partial charge in [-0.15, -0.1) is 5.10 Å². The Kier molecular flexibility index (Phi) is 5.81. The van der Waals surface area contributed by atoms with Crippen molar-refractivity contribution >= 4 is 17.7 Å². The van der Waals surface area contributed by atoms with Gasteiger partial charge in [-0.05, 0) is 0 Å². The summed E-state index contributed by atoms with van der Waals surface area (Å²) in [5.41, 5.74) is 0. The van der Waals surface area contributed by atoms with Gasteiger partial charge in [-0.1, -0.05) is 18.7 Å². The number of thioether (sulfide) groups is 1. The molecule has 24 heavy (non-hydrogen) atoms. The number of aryl methyl sites for hydroxylation is 1. The van der Waals surface area contributed by atoms with E-state index in [0.29, 0.717) is 10.9 Å². The maximum atomic E-state index is 12.3. The Labute approximate surface area is 144 Å². The molecule has 1 saturated heterocycles. The number of nitrogens with one attached hydrogen (secondary N) is 1. The molecule has 1 aliphatic heterocycles. The standard InChI is InChI=1S/C14H22N8OS/c1-2-12-17-14(19-18-12)24-9-13(23)21-6-3-20(4-7-21)5-8-22-11-15-10-16-22/h10-11H,2-9H2,1H3,(H,17,18,19). The van der Waals surface area contributed by atoms with Gasteiger partial charge in [-0.25, -0.2) is 9.97 Å². The number of carbonyl (C=O) groups is 1. The highest BCUT2D eigenvalue weighted by molar-refractivity contribution is 7.99. The van der Waals surface area contributed by atoms with Gasteiger partial charge >= 0.3 is 0 Å². The smallest absolute Gasteiger partial charge is 0.233 e. The lowest BCUT2D eigenvalue weighted by molar-refractivity contribution is -0.130. The quantitative estimate of drug-likeness (QED) is 0.696. The molecule has 0 unspecified atom stereocenters. The van der Waals surface area contributed by atoms with E-state index in [1.165, 1.54) is 11.8 Å². The van der Waals surface area contributed by atoms with Crippen molar-refractivity contribution in [1.29, 1.82) is 0 Å². The van der Waals surface area contributed by atoms with Gasteiger partial charge in [0.1, 0.15) is 18.5 Å². The fourth-order valence-corrected chi connectivity index (χ4v) is 3.25. The zero-order valence-electron chi connectivity index (χ0n) is 13.8. The topological polar surface area (TPSA) is 95.8 Å². The normalized spacial score (nSPS) is 15.8. The molecule has 3 heterocycles. The second kappa shape index (κ2) is 8.25. The minimum atomic E-state index is 0.152. The average molecular weight is 350 g/mol. The third kappa shape index (κ3) is 4.54. The van der Waals surface area contributed by atoms with Gasteiger partial charge in [0.15, 0.2) is 0 Å². The van der Waals surface area contributed by atoms with Crippen LogP contribution in [0.5, 0.6) is 0 Å². The number of hydrogen-bond acceptors (Lipinski definition) is 7. The maximum absolute atomic E-state index is 12.3. The fraction of sp³-hybridized carbons (Fsp3) is 0.643. The lowest BCUT2D eigenvalue weighted by Crippen LogP contribution is -2.49. The van der Waals surface area contributed by atoms with Crippen molar-refractivity contribution in [2.45, 2.75) is 25.0 Å². The van der Waals surface area contributed by atoms with Crippen LogP contribution >= 0.6 is 11.8 Å². The maximum Gasteiger partial charge on any atom is 0.233 e. The lowest BCUT2D eigenvalue weighted by atomic mass is 10.3. The molecule has 3 rings (SSSR count). The molecule has 0 radical (unpaired) electrons. The fourth-order valence-electron chi connectivity index (χ4n) is 2.53. The van der Waals surface area contributed by atoms with Gasteiger partial charge in [0.25, 0.3) is 0 Å². The van der Waals surface area contributed by atoms with Crippen LogP contribution in [0, 0.1) is 0 Å². The minimum Gasteiger partial charge on any atom is -0.339 e. The zero-order chi connectivity index (χ0) is 16.8. The van der Waals surface area contributed by atoms with Crippen molar-refractivity contribution in [2.24, 2.45) is 0 Å². The molecule has 1 fully saturated rings. The number of carbonyl (C=O) groups excluding carboxylic acids is 1. The zero-order valence-corrected chi connectivity index (χ0v) is 14.6. The minimum absolute atomic E-state index is 0.152. The number of H-pyrrole nitrogens is 1. The summed E-state index contributed by atoms with van der Waals surface area (Å²) in [6.45, 7) is 7.10. The molecule has 0 atom stereocenters. The highest BCUT2D eigenvalue weighted by atomic mass is 32.2. The number of hydrogen-bond donors (Lipinski definition) is 1. The van der Waals surface area contributed by atoms with E-state index in [9.17, 15) is 4.79 Å². The van der Waals surface area contributed by atoms with E-state index in [4.69, 9.17) is 0 Å². The molecule has 0 aromatic carbocycles. The first kappa shape index (κ1) is 16.9. The molecule has 2 aromatic heterocycles. The van der Waals surface area contributed by atoms with Crippen molar-refractivity contribution in [3.05, 3.63) is 18.5 Å². The summed E-state index contributed by atoms with van der Waals surface area (Å²) < 4.78 is 1.83. The predicted octanol–water partition coefficient (Wildman–Crippen LogP) is -0.105. The van der Waals surface area contributed by atoms with Crippen LogP contribution in [0.3, 0.4) is 0 Å². The van der Waals surface area contributed by atoms with E-state index in [2.05, 4.69) is 30.2 Å². The Morgan fingerprint density at radius 2 is 2.12 bits per heavy atom. The Hall–Kier alpha value is -1.94. The molecule has 0 saturated carbocycles.